The predicted octanol–water partition coefficient (Wildman–Crippen LogP) is 6.51. The fourth-order valence-corrected chi connectivity index (χ4v) is 8.39. The number of nitrogen functional groups attached to an aromatic ring is 2. The molecule has 0 aliphatic heterocycles. The summed E-state index contributed by atoms with van der Waals surface area (Å²) in [6, 6.07) is 12.7. The molecular formula is C41H39F3N11O2S+. The van der Waals surface area contributed by atoms with E-state index in [9.17, 15) is 22.8 Å². The van der Waals surface area contributed by atoms with Crippen molar-refractivity contribution < 1.29 is 17.7 Å². The summed E-state index contributed by atoms with van der Waals surface area (Å²) < 4.78 is 47.9. The second kappa shape index (κ2) is 14.9. The normalized spacial score (nSPS) is 14.1. The molecule has 6 N–H and O–H groups in total. The molecule has 0 unspecified atom stereocenters. The first-order valence-electron chi connectivity index (χ1n) is 19.2. The van der Waals surface area contributed by atoms with E-state index in [2.05, 4.69) is 15.6 Å². The Kier molecular flexibility index (Phi) is 9.54. The van der Waals surface area contributed by atoms with E-state index in [0.717, 1.165) is 30.6 Å². The number of nitrogens with zero attached hydrogens (tertiary/aromatic N) is 7. The number of thiazole rings is 1. The molecule has 5 heterocycles. The van der Waals surface area contributed by atoms with Crippen LogP contribution in [0.5, 0.6) is 0 Å². The Hall–Kier alpha value is -6.36. The minimum absolute atomic E-state index is 0.0262. The number of hydrogen-bond acceptors (Lipinski definition) is 11. The quantitative estimate of drug-likeness (QED) is 0.0743. The first-order valence-corrected chi connectivity index (χ1v) is 20.0. The second-order valence-corrected chi connectivity index (χ2v) is 15.7. The summed E-state index contributed by atoms with van der Waals surface area (Å²) in [7, 11) is 0. The van der Waals surface area contributed by atoms with Gasteiger partial charge in [0.1, 0.15) is 52.5 Å². The highest BCUT2D eigenvalue weighted by Crippen LogP contribution is 2.38. The first-order chi connectivity index (χ1) is 28.1. The van der Waals surface area contributed by atoms with Crippen LogP contribution >= 0.6 is 11.3 Å². The van der Waals surface area contributed by atoms with Crippen molar-refractivity contribution in [3.8, 4) is 22.0 Å². The molecule has 5 aromatic heterocycles. The average molecular weight is 807 g/mol. The molecule has 0 amide bonds. The van der Waals surface area contributed by atoms with Crippen LogP contribution in [0.25, 0.3) is 44.3 Å². The van der Waals surface area contributed by atoms with Crippen LogP contribution in [0.15, 0.2) is 70.4 Å². The summed E-state index contributed by atoms with van der Waals surface area (Å²) in [6.07, 6.45) is 6.42. The summed E-state index contributed by atoms with van der Waals surface area (Å²) in [5.41, 5.74) is 15.9. The van der Waals surface area contributed by atoms with Gasteiger partial charge < -0.3 is 22.1 Å². The molecule has 2 aromatic carbocycles. The minimum Gasteiger partial charge on any atom is -0.397 e. The second-order valence-electron chi connectivity index (χ2n) is 14.6. The largest absolute Gasteiger partial charge is 0.397 e. The van der Waals surface area contributed by atoms with Crippen molar-refractivity contribution in [1.82, 2.24) is 29.1 Å². The molecule has 0 saturated heterocycles. The number of pyridine rings is 2. The highest BCUT2D eigenvalue weighted by molar-refractivity contribution is 7.14. The third-order valence-electron chi connectivity index (χ3n) is 10.5. The number of hydrogen-bond donors (Lipinski definition) is 4. The van der Waals surface area contributed by atoms with E-state index in [1.165, 1.54) is 41.7 Å². The molecule has 58 heavy (non-hydrogen) atoms. The Balaban J connectivity index is 0.947. The number of aryl methyl sites for hydroxylation is 2. The molecule has 0 atom stereocenters. The van der Waals surface area contributed by atoms with E-state index in [1.54, 1.807) is 39.6 Å². The molecule has 9 rings (SSSR count). The highest BCUT2D eigenvalue weighted by atomic mass is 32.1. The fourth-order valence-electron chi connectivity index (χ4n) is 7.39. The van der Waals surface area contributed by atoms with Crippen molar-refractivity contribution in [2.75, 3.05) is 28.6 Å². The van der Waals surface area contributed by atoms with Crippen molar-refractivity contribution in [3.63, 3.8) is 0 Å². The number of nitrogens with one attached hydrogen (secondary N) is 2. The van der Waals surface area contributed by atoms with E-state index >= 15 is 0 Å². The first kappa shape index (κ1) is 37.2. The Morgan fingerprint density at radius 2 is 1.52 bits per heavy atom. The zero-order valence-corrected chi connectivity index (χ0v) is 32.3. The lowest BCUT2D eigenvalue weighted by molar-refractivity contribution is -0.657. The molecule has 296 valence electrons. The maximum atomic E-state index is 14.3. The molecule has 2 saturated carbocycles. The van der Waals surface area contributed by atoms with Gasteiger partial charge in [-0.05, 0) is 69.7 Å². The van der Waals surface area contributed by atoms with Crippen LogP contribution in [-0.2, 0) is 19.5 Å². The number of benzene rings is 2. The van der Waals surface area contributed by atoms with E-state index in [-0.39, 0.29) is 41.0 Å². The van der Waals surface area contributed by atoms with E-state index in [4.69, 9.17) is 26.4 Å². The van der Waals surface area contributed by atoms with Crippen LogP contribution in [0.3, 0.4) is 0 Å². The number of nitrogens with two attached hydrogens (primary N) is 2. The average Bonchev–Trinajstić information content (AvgIpc) is 4.14. The fraction of sp³-hybridized carbons (Fsp3) is 0.293. The predicted molar refractivity (Wildman–Crippen MR) is 218 cm³/mol. The lowest BCUT2D eigenvalue weighted by Crippen LogP contribution is -2.45. The van der Waals surface area contributed by atoms with Crippen LogP contribution in [0.4, 0.5) is 36.2 Å². The molecule has 13 nitrogen and oxygen atoms in total. The summed E-state index contributed by atoms with van der Waals surface area (Å²) >= 11 is 1.44. The SMILES string of the molecule is CC[n+]1c(-c2ncc(CCCNc3cc(N)c4nc(-c5cccc(F)c5)c(=O)n(C5CC5)c4n3)s2)c(=O)n(C2CC2)c2nc(NCc3c(F)cccc3F)cc(N)c21. The molecule has 2 aliphatic rings. The molecule has 7 aromatic rings. The lowest BCUT2D eigenvalue weighted by atomic mass is 10.1. The summed E-state index contributed by atoms with van der Waals surface area (Å²) in [4.78, 5) is 47.7. The molecule has 0 spiro atoms. The molecule has 2 aliphatic carbocycles. The number of rotatable bonds is 13. The van der Waals surface area contributed by atoms with Crippen molar-refractivity contribution in [1.29, 1.82) is 0 Å². The van der Waals surface area contributed by atoms with Crippen molar-refractivity contribution in [3.05, 3.63) is 109 Å². The van der Waals surface area contributed by atoms with Crippen molar-refractivity contribution in [2.45, 2.75) is 70.6 Å². The van der Waals surface area contributed by atoms with Gasteiger partial charge in [-0.15, -0.1) is 11.3 Å². The molecule has 17 heteroatoms. The maximum absolute atomic E-state index is 14.3. The van der Waals surface area contributed by atoms with Gasteiger partial charge >= 0.3 is 11.3 Å². The van der Waals surface area contributed by atoms with E-state index < -0.39 is 17.5 Å². The maximum Gasteiger partial charge on any atom is 0.327 e. The number of aromatic nitrogens is 7. The van der Waals surface area contributed by atoms with Gasteiger partial charge in [-0.25, -0.2) is 33.1 Å². The van der Waals surface area contributed by atoms with Gasteiger partial charge in [-0.2, -0.15) is 4.57 Å². The van der Waals surface area contributed by atoms with Crippen LogP contribution in [0.2, 0.25) is 0 Å². The number of anilines is 4. The summed E-state index contributed by atoms with van der Waals surface area (Å²) in [5.74, 6) is -0.997. The molecular weight excluding hydrogens is 768 g/mol. The van der Waals surface area contributed by atoms with Crippen LogP contribution in [0.1, 0.15) is 61.6 Å². The third-order valence-corrected chi connectivity index (χ3v) is 11.5. The minimum atomic E-state index is -0.672. The van der Waals surface area contributed by atoms with Crippen molar-refractivity contribution >= 4 is 56.7 Å². The van der Waals surface area contributed by atoms with Crippen LogP contribution < -0.4 is 37.8 Å². The Morgan fingerprint density at radius 3 is 2.22 bits per heavy atom. The van der Waals surface area contributed by atoms with Crippen LogP contribution in [0, 0.1) is 17.5 Å². The van der Waals surface area contributed by atoms with Gasteiger partial charge in [0.25, 0.3) is 11.1 Å². The monoisotopic (exact) mass is 806 g/mol. The standard InChI is InChI=1S/C41H38F3N11O2S/c1-2-53-35-30(46)18-32(48-20-26-27(43)9-4-10-28(26)44)51-38(35)55(24-13-14-24)41(57)36(53)39-49-19-25(58-39)8-5-15-47-31-17-29(45)34-37(50-31)54(23-11-12-23)40(56)33(52-34)21-6-3-7-22(42)16-21/h3-4,6-7,9-10,16-19,23-24H,2,5,8,11-15,20H2,1H3,(H5-,45,46,47,48,49,50,51,56,57)/p+1. The molecule has 0 bridgehead atoms. The van der Waals surface area contributed by atoms with Gasteiger partial charge in [-0.1, -0.05) is 18.2 Å². The van der Waals surface area contributed by atoms with E-state index in [0.29, 0.717) is 87.5 Å². The summed E-state index contributed by atoms with van der Waals surface area (Å²) in [6.45, 7) is 2.73. The van der Waals surface area contributed by atoms with Gasteiger partial charge in [0.05, 0.1) is 5.69 Å². The van der Waals surface area contributed by atoms with Crippen LogP contribution in [-0.4, -0.2) is 35.6 Å². The topological polar surface area (TPSA) is 176 Å². The summed E-state index contributed by atoms with van der Waals surface area (Å²) in [5, 5.41) is 6.89. The molecule has 0 radical (unpaired) electrons. The zero-order chi connectivity index (χ0) is 40.2. The van der Waals surface area contributed by atoms with Gasteiger partial charge in [0.15, 0.2) is 10.7 Å². The van der Waals surface area contributed by atoms with Gasteiger partial charge in [0.2, 0.25) is 5.65 Å². The van der Waals surface area contributed by atoms with Gasteiger partial charge in [-0.3, -0.25) is 18.7 Å². The lowest BCUT2D eigenvalue weighted by Gasteiger charge is -2.14. The Bertz CT molecular complexity index is 2870. The van der Waals surface area contributed by atoms with Gasteiger partial charge in [0, 0.05) is 59.5 Å². The smallest absolute Gasteiger partial charge is 0.327 e. The molecule has 2 fully saturated rings. The number of halogens is 3. The Labute approximate surface area is 333 Å². The van der Waals surface area contributed by atoms with Crippen molar-refractivity contribution in [2.24, 2.45) is 0 Å². The zero-order valence-electron chi connectivity index (χ0n) is 31.4. The number of fused-ring (bicyclic) bond motifs is 2. The Morgan fingerprint density at radius 1 is 0.845 bits per heavy atom. The highest BCUT2D eigenvalue weighted by Gasteiger charge is 2.36. The third kappa shape index (κ3) is 6.88. The van der Waals surface area contributed by atoms with E-state index in [1.807, 2.05) is 11.5 Å².